The van der Waals surface area contributed by atoms with Crippen molar-refractivity contribution in [2.24, 2.45) is 0 Å². The van der Waals surface area contributed by atoms with Crippen LogP contribution in [0.5, 0.6) is 0 Å². The van der Waals surface area contributed by atoms with E-state index in [1.807, 2.05) is 13.8 Å². The van der Waals surface area contributed by atoms with Gasteiger partial charge in [-0.15, -0.1) is 0 Å². The van der Waals surface area contributed by atoms with Crippen molar-refractivity contribution in [2.45, 2.75) is 13.8 Å². The fourth-order valence-corrected chi connectivity index (χ4v) is 1.18. The quantitative estimate of drug-likeness (QED) is 0.729. The second kappa shape index (κ2) is 5.14. The number of fused-ring (bicyclic) bond motifs is 1. The van der Waals surface area contributed by atoms with Gasteiger partial charge >= 0.3 is 5.97 Å². The van der Waals surface area contributed by atoms with Crippen LogP contribution in [0.4, 0.5) is 0 Å². The van der Waals surface area contributed by atoms with E-state index in [2.05, 4.69) is 14.7 Å². The molecule has 0 saturated carbocycles. The number of carbonyl (C=O) groups is 1. The van der Waals surface area contributed by atoms with Crippen LogP contribution in [0.25, 0.3) is 11.0 Å². The average Bonchev–Trinajstić information content (AvgIpc) is 2.77. The summed E-state index contributed by atoms with van der Waals surface area (Å²) >= 11 is 0. The minimum atomic E-state index is -0.337. The highest BCUT2D eigenvalue weighted by Gasteiger charge is 2.05. The van der Waals surface area contributed by atoms with Crippen molar-refractivity contribution in [2.75, 3.05) is 7.11 Å². The molecule has 0 atom stereocenters. The molecule has 0 unspecified atom stereocenters. The maximum absolute atomic E-state index is 11.1. The molecule has 80 valence electrons. The van der Waals surface area contributed by atoms with Gasteiger partial charge in [-0.3, -0.25) is 0 Å². The van der Waals surface area contributed by atoms with E-state index < -0.39 is 0 Å². The van der Waals surface area contributed by atoms with Crippen molar-refractivity contribution in [1.82, 2.24) is 9.97 Å². The summed E-state index contributed by atoms with van der Waals surface area (Å²) in [5, 5.41) is 0. The predicted molar refractivity (Wildman–Crippen MR) is 58.8 cm³/mol. The van der Waals surface area contributed by atoms with E-state index >= 15 is 0 Å². The average molecular weight is 206 g/mol. The molecule has 0 saturated heterocycles. The second-order valence-corrected chi connectivity index (χ2v) is 2.63. The highest BCUT2D eigenvalue weighted by molar-refractivity contribution is 5.93. The lowest BCUT2D eigenvalue weighted by Gasteiger charge is -1.97. The Balaban J connectivity index is 0.000000531. The summed E-state index contributed by atoms with van der Waals surface area (Å²) < 4.78 is 4.59. The lowest BCUT2D eigenvalue weighted by molar-refractivity contribution is 0.0601. The first kappa shape index (κ1) is 11.2. The monoisotopic (exact) mass is 206 g/mol. The topological polar surface area (TPSA) is 55.0 Å². The van der Waals surface area contributed by atoms with Crippen molar-refractivity contribution < 1.29 is 9.53 Å². The Bertz CT molecular complexity index is 449. The Morgan fingerprint density at radius 1 is 1.40 bits per heavy atom. The third kappa shape index (κ3) is 2.34. The van der Waals surface area contributed by atoms with Gasteiger partial charge in [-0.2, -0.15) is 0 Å². The zero-order valence-electron chi connectivity index (χ0n) is 9.07. The number of hydrogen-bond donors (Lipinski definition) is 1. The second-order valence-electron chi connectivity index (χ2n) is 2.63. The molecule has 0 aliphatic carbocycles. The minimum Gasteiger partial charge on any atom is -0.465 e. The van der Waals surface area contributed by atoms with Gasteiger partial charge < -0.3 is 9.72 Å². The lowest BCUT2D eigenvalue weighted by Crippen LogP contribution is -2.00. The number of carbonyl (C=O) groups excluding carboxylic acids is 1. The van der Waals surface area contributed by atoms with Crippen LogP contribution in [0.1, 0.15) is 24.2 Å². The van der Waals surface area contributed by atoms with Crippen molar-refractivity contribution in [3.05, 3.63) is 30.1 Å². The summed E-state index contributed by atoms with van der Waals surface area (Å²) in [5.74, 6) is -0.337. The molecule has 0 amide bonds. The molecule has 1 N–H and O–H groups in total. The minimum absolute atomic E-state index is 0.337. The first-order chi connectivity index (χ1) is 7.31. The molecular weight excluding hydrogens is 192 g/mol. The zero-order valence-corrected chi connectivity index (χ0v) is 9.07. The van der Waals surface area contributed by atoms with Crippen molar-refractivity contribution >= 4 is 17.0 Å². The number of nitrogens with zero attached hydrogens (tertiary/aromatic N) is 1. The Kier molecular flexibility index (Phi) is 3.85. The largest absolute Gasteiger partial charge is 0.465 e. The van der Waals surface area contributed by atoms with Crippen LogP contribution in [-0.2, 0) is 4.74 Å². The maximum atomic E-state index is 11.1. The fourth-order valence-electron chi connectivity index (χ4n) is 1.18. The zero-order chi connectivity index (χ0) is 11.3. The first-order valence-electron chi connectivity index (χ1n) is 4.83. The molecule has 2 rings (SSSR count). The van der Waals surface area contributed by atoms with Gasteiger partial charge in [-0.1, -0.05) is 13.8 Å². The van der Waals surface area contributed by atoms with E-state index in [1.54, 1.807) is 24.5 Å². The van der Waals surface area contributed by atoms with Crippen LogP contribution in [0.2, 0.25) is 0 Å². The number of esters is 1. The number of imidazole rings is 1. The molecule has 0 aliphatic rings. The van der Waals surface area contributed by atoms with Crippen LogP contribution in [-0.4, -0.2) is 23.0 Å². The van der Waals surface area contributed by atoms with Crippen LogP contribution in [0.3, 0.4) is 0 Å². The number of H-pyrrole nitrogens is 1. The molecule has 0 spiro atoms. The van der Waals surface area contributed by atoms with Crippen molar-refractivity contribution in [1.29, 1.82) is 0 Å². The molecule has 4 nitrogen and oxygen atoms in total. The Labute approximate surface area is 88.3 Å². The van der Waals surface area contributed by atoms with E-state index in [4.69, 9.17) is 0 Å². The molecule has 15 heavy (non-hydrogen) atoms. The standard InChI is InChI=1S/C9H8N2O2.C2H6/c1-13-9(12)6-2-3-7-8(4-6)11-5-10-7;1-2/h2-5H,1H3,(H,10,11);1-2H3. The van der Waals surface area contributed by atoms with E-state index in [0.29, 0.717) is 5.56 Å². The third-order valence-corrected chi connectivity index (χ3v) is 1.84. The van der Waals surface area contributed by atoms with E-state index in [1.165, 1.54) is 7.11 Å². The summed E-state index contributed by atoms with van der Waals surface area (Å²) in [6.07, 6.45) is 1.59. The number of aromatic amines is 1. The Hall–Kier alpha value is -1.84. The van der Waals surface area contributed by atoms with Crippen molar-refractivity contribution in [3.8, 4) is 0 Å². The normalized spacial score (nSPS) is 9.27. The lowest BCUT2D eigenvalue weighted by atomic mass is 10.2. The van der Waals surface area contributed by atoms with Gasteiger partial charge in [0.25, 0.3) is 0 Å². The van der Waals surface area contributed by atoms with Gasteiger partial charge in [0.1, 0.15) is 0 Å². The number of rotatable bonds is 1. The summed E-state index contributed by atoms with van der Waals surface area (Å²) in [6.45, 7) is 4.00. The Morgan fingerprint density at radius 2 is 2.13 bits per heavy atom. The summed E-state index contributed by atoms with van der Waals surface area (Å²) in [6, 6.07) is 5.18. The number of aromatic nitrogens is 2. The number of ether oxygens (including phenoxy) is 1. The fraction of sp³-hybridized carbons (Fsp3) is 0.273. The molecule has 0 bridgehead atoms. The molecule has 0 fully saturated rings. The third-order valence-electron chi connectivity index (χ3n) is 1.84. The molecular formula is C11H14N2O2. The Morgan fingerprint density at radius 3 is 2.80 bits per heavy atom. The first-order valence-corrected chi connectivity index (χ1v) is 4.83. The summed E-state index contributed by atoms with van der Waals surface area (Å²) in [7, 11) is 1.36. The van der Waals surface area contributed by atoms with E-state index in [-0.39, 0.29) is 5.97 Å². The molecule has 1 aromatic carbocycles. The van der Waals surface area contributed by atoms with Crippen LogP contribution in [0, 0.1) is 0 Å². The summed E-state index contributed by atoms with van der Waals surface area (Å²) in [5.41, 5.74) is 2.20. The van der Waals surface area contributed by atoms with E-state index in [9.17, 15) is 4.79 Å². The van der Waals surface area contributed by atoms with Crippen LogP contribution >= 0.6 is 0 Å². The van der Waals surface area contributed by atoms with Crippen LogP contribution < -0.4 is 0 Å². The van der Waals surface area contributed by atoms with Gasteiger partial charge in [-0.25, -0.2) is 9.78 Å². The molecule has 0 aliphatic heterocycles. The smallest absolute Gasteiger partial charge is 0.337 e. The van der Waals surface area contributed by atoms with Crippen LogP contribution in [0.15, 0.2) is 24.5 Å². The number of benzene rings is 1. The molecule has 1 heterocycles. The maximum Gasteiger partial charge on any atom is 0.337 e. The predicted octanol–water partition coefficient (Wildman–Crippen LogP) is 2.38. The van der Waals surface area contributed by atoms with Gasteiger partial charge in [0, 0.05) is 0 Å². The SMILES string of the molecule is CC.COC(=O)c1ccc2nc[nH]c2c1. The molecule has 0 radical (unpaired) electrons. The van der Waals surface area contributed by atoms with Gasteiger partial charge in [0.2, 0.25) is 0 Å². The van der Waals surface area contributed by atoms with Crippen molar-refractivity contribution in [3.63, 3.8) is 0 Å². The van der Waals surface area contributed by atoms with Gasteiger partial charge in [0.05, 0.1) is 30.0 Å². The highest BCUT2D eigenvalue weighted by Crippen LogP contribution is 2.11. The van der Waals surface area contributed by atoms with Gasteiger partial charge in [0.15, 0.2) is 0 Å². The molecule has 1 aromatic heterocycles. The van der Waals surface area contributed by atoms with Gasteiger partial charge in [-0.05, 0) is 18.2 Å². The summed E-state index contributed by atoms with van der Waals surface area (Å²) in [4.78, 5) is 18.1. The molecule has 2 aromatic rings. The van der Waals surface area contributed by atoms with E-state index in [0.717, 1.165) is 11.0 Å². The number of nitrogens with one attached hydrogen (secondary N) is 1. The highest BCUT2D eigenvalue weighted by atomic mass is 16.5. The number of hydrogen-bond acceptors (Lipinski definition) is 3. The molecule has 4 heteroatoms. The number of methoxy groups -OCH3 is 1.